The van der Waals surface area contributed by atoms with Crippen LogP contribution in [0.15, 0.2) is 30.3 Å². The van der Waals surface area contributed by atoms with E-state index in [2.05, 4.69) is 11.4 Å². The maximum Gasteiger partial charge on any atom is 0.241 e. The van der Waals surface area contributed by atoms with E-state index in [1.807, 2.05) is 33.8 Å². The number of rotatable bonds is 6. The Hall–Kier alpha value is -1.76. The summed E-state index contributed by atoms with van der Waals surface area (Å²) in [5.41, 5.74) is 4.53. The largest absolute Gasteiger partial charge is 0.348 e. The zero-order valence-electron chi connectivity index (χ0n) is 16.5. The van der Waals surface area contributed by atoms with Gasteiger partial charge in [0, 0.05) is 5.02 Å². The molecule has 0 spiro atoms. The molecule has 2 aromatic rings. The molecule has 0 saturated carbocycles. The molecule has 0 bridgehead atoms. The molecule has 0 aliphatic carbocycles. The monoisotopic (exact) mass is 442 g/mol. The van der Waals surface area contributed by atoms with Gasteiger partial charge in [0.2, 0.25) is 15.9 Å². The number of nitrogens with one attached hydrogen (secondary N) is 1. The third-order valence-electron chi connectivity index (χ3n) is 4.59. The molecule has 2 aromatic carbocycles. The lowest BCUT2D eigenvalue weighted by molar-refractivity contribution is -0.120. The third kappa shape index (κ3) is 5.40. The predicted octanol–water partition coefficient (Wildman–Crippen LogP) is 4.56. The molecule has 0 unspecified atom stereocenters. The Morgan fingerprint density at radius 3 is 2.29 bits per heavy atom. The smallest absolute Gasteiger partial charge is 0.241 e. The third-order valence-corrected chi connectivity index (χ3v) is 6.27. The van der Waals surface area contributed by atoms with E-state index in [1.165, 1.54) is 17.7 Å². The fraction of sp³-hybridized carbons (Fsp3) is 0.350. The van der Waals surface area contributed by atoms with E-state index >= 15 is 0 Å². The molecular weight excluding hydrogens is 419 g/mol. The molecule has 2 rings (SSSR count). The second-order valence-corrected chi connectivity index (χ2v) is 9.70. The van der Waals surface area contributed by atoms with Crippen molar-refractivity contribution in [1.82, 2.24) is 5.32 Å². The number of carbonyl (C=O) groups excluding carboxylic acids is 1. The molecule has 28 heavy (non-hydrogen) atoms. The number of amides is 1. The first-order chi connectivity index (χ1) is 12.9. The fourth-order valence-corrected chi connectivity index (χ4v) is 4.30. The molecule has 0 aromatic heterocycles. The minimum atomic E-state index is -3.74. The van der Waals surface area contributed by atoms with Crippen LogP contribution in [0.1, 0.15) is 35.2 Å². The van der Waals surface area contributed by atoms with Crippen LogP contribution in [0.2, 0.25) is 10.0 Å². The average Bonchev–Trinajstić information content (AvgIpc) is 2.57. The molecule has 1 N–H and O–H groups in total. The van der Waals surface area contributed by atoms with E-state index in [9.17, 15) is 13.2 Å². The quantitative estimate of drug-likeness (QED) is 0.712. The van der Waals surface area contributed by atoms with E-state index in [0.717, 1.165) is 27.3 Å². The highest BCUT2D eigenvalue weighted by molar-refractivity contribution is 7.92. The van der Waals surface area contributed by atoms with Gasteiger partial charge in [0.1, 0.15) is 6.54 Å². The Balaban J connectivity index is 2.25. The highest BCUT2D eigenvalue weighted by atomic mass is 35.5. The summed E-state index contributed by atoms with van der Waals surface area (Å²) in [4.78, 5) is 12.6. The van der Waals surface area contributed by atoms with E-state index in [0.29, 0.717) is 5.02 Å². The Morgan fingerprint density at radius 2 is 1.68 bits per heavy atom. The van der Waals surface area contributed by atoms with Gasteiger partial charge in [0.25, 0.3) is 0 Å². The van der Waals surface area contributed by atoms with Gasteiger partial charge in [-0.25, -0.2) is 8.42 Å². The van der Waals surface area contributed by atoms with Crippen molar-refractivity contribution in [1.29, 1.82) is 0 Å². The molecule has 0 fully saturated rings. The van der Waals surface area contributed by atoms with Crippen LogP contribution in [0.25, 0.3) is 0 Å². The Morgan fingerprint density at radius 1 is 1.07 bits per heavy atom. The summed E-state index contributed by atoms with van der Waals surface area (Å²) in [7, 11) is -3.74. The Bertz CT molecular complexity index is 1010. The Kier molecular flexibility index (Phi) is 7.02. The van der Waals surface area contributed by atoms with Gasteiger partial charge in [-0.2, -0.15) is 0 Å². The molecule has 1 amide bonds. The number of sulfonamides is 1. The van der Waals surface area contributed by atoms with E-state index in [4.69, 9.17) is 23.2 Å². The minimum Gasteiger partial charge on any atom is -0.348 e. The van der Waals surface area contributed by atoms with Gasteiger partial charge in [-0.15, -0.1) is 0 Å². The van der Waals surface area contributed by atoms with E-state index < -0.39 is 22.5 Å². The molecule has 152 valence electrons. The first-order valence-corrected chi connectivity index (χ1v) is 11.3. The number of nitrogens with zero attached hydrogens (tertiary/aromatic N) is 1. The lowest BCUT2D eigenvalue weighted by Gasteiger charge is -2.25. The predicted molar refractivity (Wildman–Crippen MR) is 116 cm³/mol. The summed E-state index contributed by atoms with van der Waals surface area (Å²) in [6, 6.07) is 8.31. The van der Waals surface area contributed by atoms with Crippen molar-refractivity contribution in [3.63, 3.8) is 0 Å². The lowest BCUT2D eigenvalue weighted by Crippen LogP contribution is -2.41. The number of hydrogen-bond donors (Lipinski definition) is 1. The average molecular weight is 443 g/mol. The van der Waals surface area contributed by atoms with Crippen molar-refractivity contribution in [2.75, 3.05) is 17.1 Å². The molecule has 0 aliphatic rings. The van der Waals surface area contributed by atoms with Crippen LogP contribution < -0.4 is 9.62 Å². The summed E-state index contributed by atoms with van der Waals surface area (Å²) in [6.45, 7) is 7.51. The maximum absolute atomic E-state index is 12.6. The van der Waals surface area contributed by atoms with Crippen molar-refractivity contribution in [2.45, 2.75) is 33.7 Å². The van der Waals surface area contributed by atoms with Gasteiger partial charge < -0.3 is 5.32 Å². The molecule has 0 heterocycles. The number of hydrogen-bond acceptors (Lipinski definition) is 3. The zero-order valence-corrected chi connectivity index (χ0v) is 18.8. The normalized spacial score (nSPS) is 12.5. The highest BCUT2D eigenvalue weighted by Crippen LogP contribution is 2.30. The van der Waals surface area contributed by atoms with Crippen molar-refractivity contribution in [3.05, 3.63) is 62.6 Å². The van der Waals surface area contributed by atoms with Crippen molar-refractivity contribution in [2.24, 2.45) is 0 Å². The maximum atomic E-state index is 12.6. The lowest BCUT2D eigenvalue weighted by atomic mass is 9.96. The van der Waals surface area contributed by atoms with Crippen LogP contribution in [-0.4, -0.2) is 27.1 Å². The molecule has 0 radical (unpaired) electrons. The van der Waals surface area contributed by atoms with E-state index in [-0.39, 0.29) is 16.8 Å². The number of aryl methyl sites for hydroxylation is 3. The highest BCUT2D eigenvalue weighted by Gasteiger charge is 2.24. The van der Waals surface area contributed by atoms with Gasteiger partial charge >= 0.3 is 0 Å². The zero-order chi connectivity index (χ0) is 21.2. The van der Waals surface area contributed by atoms with Crippen LogP contribution in [0, 0.1) is 20.8 Å². The van der Waals surface area contributed by atoms with E-state index in [1.54, 1.807) is 6.07 Å². The molecular formula is C20H24Cl2N2O3S. The molecule has 0 aliphatic heterocycles. The first-order valence-electron chi connectivity index (χ1n) is 8.70. The van der Waals surface area contributed by atoms with Crippen LogP contribution in [0.3, 0.4) is 0 Å². The second-order valence-electron chi connectivity index (χ2n) is 6.95. The minimum absolute atomic E-state index is 0.168. The van der Waals surface area contributed by atoms with Crippen molar-refractivity contribution in [3.8, 4) is 0 Å². The van der Waals surface area contributed by atoms with Crippen molar-refractivity contribution >= 4 is 44.8 Å². The molecule has 8 heteroatoms. The first kappa shape index (κ1) is 22.5. The van der Waals surface area contributed by atoms with Gasteiger partial charge in [0.05, 0.1) is 23.0 Å². The molecule has 1 atom stereocenters. The topological polar surface area (TPSA) is 66.5 Å². The van der Waals surface area contributed by atoms with Gasteiger partial charge in [0.15, 0.2) is 0 Å². The van der Waals surface area contributed by atoms with Crippen LogP contribution in [0.4, 0.5) is 5.69 Å². The summed E-state index contributed by atoms with van der Waals surface area (Å²) >= 11 is 12.1. The summed E-state index contributed by atoms with van der Waals surface area (Å²) in [5.74, 6) is -0.438. The fourth-order valence-electron chi connectivity index (χ4n) is 3.00. The number of carbonyl (C=O) groups is 1. The van der Waals surface area contributed by atoms with Gasteiger partial charge in [-0.3, -0.25) is 9.10 Å². The summed E-state index contributed by atoms with van der Waals surface area (Å²) < 4.78 is 25.5. The number of anilines is 1. The standard InChI is InChI=1S/C20H24Cl2N2O3S/c1-12-8-14(3)17(9-13(12)2)15(4)23-20(25)11-24(28(5,26)27)19-10-16(21)6-7-18(19)22/h6-10,15H,11H2,1-5H3,(H,23,25)/t15-/m1/s1. The SMILES string of the molecule is Cc1cc(C)c([C@@H](C)NC(=O)CN(c2cc(Cl)ccc2Cl)S(C)(=O)=O)cc1C. The van der Waals surface area contributed by atoms with Crippen LogP contribution in [0.5, 0.6) is 0 Å². The molecule has 0 saturated heterocycles. The van der Waals surface area contributed by atoms with Crippen molar-refractivity contribution < 1.29 is 13.2 Å². The molecule has 5 nitrogen and oxygen atoms in total. The Labute approximate surface area is 176 Å². The number of benzene rings is 2. The van der Waals surface area contributed by atoms with Gasteiger partial charge in [-0.05, 0) is 68.1 Å². The summed E-state index contributed by atoms with van der Waals surface area (Å²) in [5, 5.41) is 3.39. The number of halogens is 2. The van der Waals surface area contributed by atoms with Gasteiger partial charge in [-0.1, -0.05) is 35.3 Å². The van der Waals surface area contributed by atoms with Crippen LogP contribution in [-0.2, 0) is 14.8 Å². The summed E-state index contributed by atoms with van der Waals surface area (Å²) in [6.07, 6.45) is 1.02. The second kappa shape index (κ2) is 8.72. The van der Waals surface area contributed by atoms with Crippen LogP contribution >= 0.6 is 23.2 Å².